The van der Waals surface area contributed by atoms with Crippen molar-refractivity contribution in [2.45, 2.75) is 81.3 Å². The van der Waals surface area contributed by atoms with Gasteiger partial charge < -0.3 is 9.84 Å². The number of esters is 1. The van der Waals surface area contributed by atoms with Crippen LogP contribution in [0.2, 0.25) is 0 Å². The Morgan fingerprint density at radius 3 is 1.37 bits per heavy atom. The summed E-state index contributed by atoms with van der Waals surface area (Å²) in [5.74, 6) is -0.413. The third kappa shape index (κ3) is 10.9. The molecule has 59 heavy (non-hydrogen) atoms. The average molecular weight is 829 g/mol. The number of nitrogens with zero attached hydrogens (tertiary/aromatic N) is 4. The molecule has 0 spiro atoms. The van der Waals surface area contributed by atoms with E-state index in [9.17, 15) is 19.5 Å². The number of aromatic amines is 2. The zero-order valence-corrected chi connectivity index (χ0v) is 35.8. The second-order valence-electron chi connectivity index (χ2n) is 12.5. The number of hydrogen-bond acceptors (Lipinski definition) is 9. The Labute approximate surface area is 351 Å². The lowest BCUT2D eigenvalue weighted by atomic mass is 10.1. The summed E-state index contributed by atoms with van der Waals surface area (Å²) in [7, 11) is 0. The molecule has 0 saturated heterocycles. The van der Waals surface area contributed by atoms with Gasteiger partial charge in [-0.25, -0.2) is 19.0 Å². The number of benzene rings is 4. The van der Waals surface area contributed by atoms with Crippen molar-refractivity contribution >= 4 is 40.8 Å². The van der Waals surface area contributed by atoms with Gasteiger partial charge in [0.25, 0.3) is 11.1 Å². The maximum absolute atomic E-state index is 12.4. The Kier molecular flexibility index (Phi) is 15.7. The van der Waals surface area contributed by atoms with Gasteiger partial charge in [0.1, 0.15) is 6.61 Å². The normalized spacial score (nSPS) is 10.5. The number of aromatic nitrogens is 6. The number of nitrogens with one attached hydrogen (secondary N) is 2. The third-order valence-electron chi connectivity index (χ3n) is 8.53. The van der Waals surface area contributed by atoms with E-state index < -0.39 is 5.97 Å². The van der Waals surface area contributed by atoms with Crippen molar-refractivity contribution in [2.24, 2.45) is 0 Å². The number of hydrogen-bond donors (Lipinski definition) is 3. The smallest absolute Gasteiger partial charge is 0.303 e. The fourth-order valence-corrected chi connectivity index (χ4v) is 7.72. The van der Waals surface area contributed by atoms with Gasteiger partial charge in [0, 0.05) is 61.2 Å². The Balaban J connectivity index is 0.000000208. The number of fused-ring (bicyclic) bond motifs is 2. The third-order valence-corrected chi connectivity index (χ3v) is 10.6. The van der Waals surface area contributed by atoms with Crippen LogP contribution in [-0.2, 0) is 22.7 Å². The minimum atomic E-state index is -0.413. The van der Waals surface area contributed by atoms with E-state index in [2.05, 4.69) is 68.7 Å². The van der Waals surface area contributed by atoms with E-state index in [1.54, 1.807) is 23.5 Å². The van der Waals surface area contributed by atoms with Crippen LogP contribution in [0.4, 0.5) is 0 Å². The molecule has 0 fully saturated rings. The summed E-state index contributed by atoms with van der Waals surface area (Å²) < 4.78 is 7.82. The highest BCUT2D eigenvalue weighted by Crippen LogP contribution is 2.33. The molecule has 8 aromatic rings. The van der Waals surface area contributed by atoms with Crippen LogP contribution >= 0.6 is 23.5 Å². The summed E-state index contributed by atoms with van der Waals surface area (Å²) in [6, 6.07) is 39.4. The van der Waals surface area contributed by atoms with Crippen molar-refractivity contribution in [1.29, 1.82) is 0 Å². The monoisotopic (exact) mass is 828 g/mol. The number of carbonyl (C=O) groups excluding carboxylic acids is 1. The van der Waals surface area contributed by atoms with E-state index >= 15 is 0 Å². The quantitative estimate of drug-likeness (QED) is 0.121. The van der Waals surface area contributed by atoms with Crippen LogP contribution in [0.15, 0.2) is 150 Å². The van der Waals surface area contributed by atoms with Gasteiger partial charge in [-0.05, 0) is 73.5 Å². The molecule has 0 unspecified atom stereocenters. The first-order valence-electron chi connectivity index (χ1n) is 19.3. The molecule has 0 amide bonds. The van der Waals surface area contributed by atoms with Crippen LogP contribution in [-0.4, -0.2) is 40.3 Å². The standard InChI is InChI=1S/C22H19N3O3S.C20H17N3O2S.2C2H6/c1-14-21(16-8-10-19(11-9-16)29-18-6-4-3-5-7-18)22-23-17(13-28-15(2)26)12-20(27)25(22)24-14;1-13-19(20-21-15(12-24)11-18(25)23(20)22-13)14-7-9-17(10-8-14)26-16-5-3-2-4-6-16;2*1-2/h3-12,24H,13H2,1-2H3;2-11,22,24H,12H2,1H3;2*1-2H3. The number of carbonyl (C=O) groups is 1. The molecule has 11 nitrogen and oxygen atoms in total. The summed E-state index contributed by atoms with van der Waals surface area (Å²) in [4.78, 5) is 49.3. The van der Waals surface area contributed by atoms with Gasteiger partial charge in [-0.15, -0.1) is 0 Å². The fourth-order valence-electron chi connectivity index (χ4n) is 6.04. The zero-order valence-electron chi connectivity index (χ0n) is 34.1. The molecule has 304 valence electrons. The van der Waals surface area contributed by atoms with E-state index in [4.69, 9.17) is 4.74 Å². The molecular formula is C46H48N6O5S2. The zero-order chi connectivity index (χ0) is 42.5. The SMILES string of the molecule is CC.CC.CC(=O)OCc1cc(=O)n2[nH]c(C)c(-c3ccc(Sc4ccccc4)cc3)c2n1.Cc1[nH]n2c(=O)cc(CO)nc2c1-c1ccc(Sc2ccccc2)cc1. The van der Waals surface area contributed by atoms with E-state index in [-0.39, 0.29) is 24.3 Å². The van der Waals surface area contributed by atoms with Gasteiger partial charge >= 0.3 is 5.97 Å². The molecule has 0 radical (unpaired) electrons. The molecule has 0 aliphatic carbocycles. The Hall–Kier alpha value is -6.15. The van der Waals surface area contributed by atoms with Crippen LogP contribution in [0.25, 0.3) is 33.5 Å². The number of ether oxygens (including phenoxy) is 1. The topological polar surface area (TPSA) is 147 Å². The van der Waals surface area contributed by atoms with E-state index in [1.807, 2.05) is 102 Å². The highest BCUT2D eigenvalue weighted by atomic mass is 32.2. The van der Waals surface area contributed by atoms with Gasteiger partial charge in [-0.3, -0.25) is 24.6 Å². The van der Waals surface area contributed by atoms with Crippen molar-refractivity contribution in [3.05, 3.63) is 165 Å². The van der Waals surface area contributed by atoms with Crippen molar-refractivity contribution in [3.63, 3.8) is 0 Å². The second kappa shape index (κ2) is 21.0. The summed E-state index contributed by atoms with van der Waals surface area (Å²) >= 11 is 3.39. The summed E-state index contributed by atoms with van der Waals surface area (Å²) in [5.41, 5.74) is 6.69. The van der Waals surface area contributed by atoms with Gasteiger partial charge in [0.2, 0.25) is 0 Å². The lowest BCUT2D eigenvalue weighted by Gasteiger charge is -2.05. The minimum absolute atomic E-state index is 0.0304. The predicted octanol–water partition coefficient (Wildman–Crippen LogP) is 9.91. The maximum atomic E-state index is 12.4. The van der Waals surface area contributed by atoms with Crippen molar-refractivity contribution in [2.75, 3.05) is 0 Å². The molecule has 8 rings (SSSR count). The number of aryl methyl sites for hydroxylation is 2. The van der Waals surface area contributed by atoms with Crippen molar-refractivity contribution < 1.29 is 14.6 Å². The van der Waals surface area contributed by atoms with Crippen LogP contribution in [0.3, 0.4) is 0 Å². The van der Waals surface area contributed by atoms with Crippen LogP contribution < -0.4 is 11.1 Å². The lowest BCUT2D eigenvalue weighted by Crippen LogP contribution is -2.16. The summed E-state index contributed by atoms with van der Waals surface area (Å²) in [6.07, 6.45) is 0. The van der Waals surface area contributed by atoms with E-state index in [0.29, 0.717) is 22.7 Å². The lowest BCUT2D eigenvalue weighted by molar-refractivity contribution is -0.142. The van der Waals surface area contributed by atoms with E-state index in [1.165, 1.54) is 37.9 Å². The molecule has 0 saturated carbocycles. The number of aliphatic hydroxyl groups excluding tert-OH is 1. The van der Waals surface area contributed by atoms with Crippen LogP contribution in [0.5, 0.6) is 0 Å². The van der Waals surface area contributed by atoms with Gasteiger partial charge in [-0.1, -0.05) is 112 Å². The largest absolute Gasteiger partial charge is 0.459 e. The maximum Gasteiger partial charge on any atom is 0.303 e. The molecule has 0 bridgehead atoms. The second-order valence-corrected chi connectivity index (χ2v) is 14.8. The summed E-state index contributed by atoms with van der Waals surface area (Å²) in [6.45, 7) is 12.8. The molecule has 3 N–H and O–H groups in total. The first kappa shape index (κ1) is 44.0. The Bertz CT molecular complexity index is 2730. The first-order valence-corrected chi connectivity index (χ1v) is 20.9. The van der Waals surface area contributed by atoms with Gasteiger partial charge in [-0.2, -0.15) is 0 Å². The average Bonchev–Trinajstić information content (AvgIpc) is 3.79. The molecule has 0 aliphatic heterocycles. The Morgan fingerprint density at radius 1 is 0.610 bits per heavy atom. The van der Waals surface area contributed by atoms with Crippen molar-refractivity contribution in [3.8, 4) is 22.3 Å². The van der Waals surface area contributed by atoms with Gasteiger partial charge in [0.15, 0.2) is 11.3 Å². The molecule has 4 aromatic heterocycles. The highest BCUT2D eigenvalue weighted by Gasteiger charge is 2.17. The molecule has 13 heteroatoms. The van der Waals surface area contributed by atoms with Crippen LogP contribution in [0.1, 0.15) is 57.4 Å². The molecule has 4 heterocycles. The Morgan fingerprint density at radius 2 is 0.983 bits per heavy atom. The molecule has 0 atom stereocenters. The number of H-pyrrole nitrogens is 2. The fraction of sp³-hybridized carbons (Fsp3) is 0.196. The highest BCUT2D eigenvalue weighted by molar-refractivity contribution is 7.99. The van der Waals surface area contributed by atoms with Gasteiger partial charge in [0.05, 0.1) is 18.0 Å². The summed E-state index contributed by atoms with van der Waals surface area (Å²) in [5, 5.41) is 15.5. The predicted molar refractivity (Wildman–Crippen MR) is 237 cm³/mol. The van der Waals surface area contributed by atoms with Crippen LogP contribution in [0, 0.1) is 13.8 Å². The molecule has 4 aromatic carbocycles. The van der Waals surface area contributed by atoms with Crippen molar-refractivity contribution in [1.82, 2.24) is 29.2 Å². The molecular weight excluding hydrogens is 781 g/mol. The first-order chi connectivity index (χ1) is 28.7. The molecule has 0 aliphatic rings. The number of rotatable bonds is 9. The van der Waals surface area contributed by atoms with E-state index in [0.717, 1.165) is 43.4 Å². The number of aliphatic hydroxyl groups is 1. The minimum Gasteiger partial charge on any atom is -0.459 e.